The second kappa shape index (κ2) is 14.3. The molecule has 0 bridgehead atoms. The Morgan fingerprint density at radius 1 is 1.02 bits per heavy atom. The third-order valence-corrected chi connectivity index (χ3v) is 7.79. The van der Waals surface area contributed by atoms with Gasteiger partial charge >= 0.3 is 0 Å². The second-order valence-corrected chi connectivity index (χ2v) is 12.4. The van der Waals surface area contributed by atoms with Gasteiger partial charge in [0.15, 0.2) is 0 Å². The molecule has 0 aliphatic heterocycles. The number of hydrogen-bond donors (Lipinski definition) is 1. The minimum atomic E-state index is -3.98. The van der Waals surface area contributed by atoms with Crippen LogP contribution in [-0.4, -0.2) is 57.6 Å². The Morgan fingerprint density at radius 2 is 1.68 bits per heavy atom. The van der Waals surface area contributed by atoms with E-state index in [1.165, 1.54) is 48.4 Å². The van der Waals surface area contributed by atoms with Gasteiger partial charge in [-0.05, 0) is 35.7 Å². The minimum absolute atomic E-state index is 0.137. The highest BCUT2D eigenvalue weighted by atomic mass is 35.5. The summed E-state index contributed by atoms with van der Waals surface area (Å²) in [5.41, 5.74) is 1.11. The molecule has 3 aromatic carbocycles. The molecule has 0 saturated heterocycles. The van der Waals surface area contributed by atoms with Crippen LogP contribution in [0.1, 0.15) is 25.0 Å². The van der Waals surface area contributed by atoms with E-state index in [2.05, 4.69) is 5.32 Å². The van der Waals surface area contributed by atoms with Gasteiger partial charge in [0.2, 0.25) is 21.8 Å². The lowest BCUT2D eigenvalue weighted by atomic mass is 10.0. The van der Waals surface area contributed by atoms with Crippen molar-refractivity contribution in [2.75, 3.05) is 30.8 Å². The first-order valence-electron chi connectivity index (χ1n) is 13.1. The lowest BCUT2D eigenvalue weighted by molar-refractivity contribution is -0.140. The van der Waals surface area contributed by atoms with Gasteiger partial charge in [-0.1, -0.05) is 74.0 Å². The average molecular weight is 604 g/mol. The summed E-state index contributed by atoms with van der Waals surface area (Å²) in [4.78, 5) is 28.9. The van der Waals surface area contributed by atoms with Crippen molar-refractivity contribution < 1.29 is 27.1 Å². The largest absolute Gasteiger partial charge is 0.495 e. The highest BCUT2D eigenvalue weighted by Gasteiger charge is 2.33. The molecule has 3 aromatic rings. The van der Waals surface area contributed by atoms with Gasteiger partial charge in [0.25, 0.3) is 0 Å². The Balaban J connectivity index is 2.07. The fraction of sp³-hybridized carbons (Fsp3) is 0.333. The lowest BCUT2D eigenvalue weighted by Crippen LogP contribution is -2.53. The number of carbonyl (C=O) groups is 2. The first-order chi connectivity index (χ1) is 19.4. The number of benzene rings is 3. The number of methoxy groups -OCH3 is 1. The summed E-state index contributed by atoms with van der Waals surface area (Å²) in [5.74, 6) is -1.18. The zero-order valence-corrected chi connectivity index (χ0v) is 25.1. The number of nitrogens with one attached hydrogen (secondary N) is 1. The Labute approximate surface area is 246 Å². The van der Waals surface area contributed by atoms with E-state index < -0.39 is 40.2 Å². The molecule has 0 saturated carbocycles. The standard InChI is InChI=1S/C30H35ClFN3O5S/c1-21(2)18-33-30(37)27(16-22-10-6-5-7-11-22)34(19-23-12-8-9-13-26(23)32)29(36)20-35(41(4,38)39)24-14-15-28(40-3)25(31)17-24/h5-15,17,21,27H,16,18-20H2,1-4H3,(H,33,37)/t27-/m0/s1. The Kier molecular flexibility index (Phi) is 11.1. The first-order valence-corrected chi connectivity index (χ1v) is 15.3. The molecule has 8 nitrogen and oxygen atoms in total. The van der Waals surface area contributed by atoms with Gasteiger partial charge in [0, 0.05) is 25.1 Å². The fourth-order valence-corrected chi connectivity index (χ4v) is 5.30. The van der Waals surface area contributed by atoms with Crippen molar-refractivity contribution >= 4 is 39.1 Å². The number of carbonyl (C=O) groups excluding carboxylic acids is 2. The predicted octanol–water partition coefficient (Wildman–Crippen LogP) is 4.67. The number of hydrogen-bond acceptors (Lipinski definition) is 5. The van der Waals surface area contributed by atoms with Gasteiger partial charge < -0.3 is 15.0 Å². The molecule has 0 heterocycles. The second-order valence-electron chi connectivity index (χ2n) is 10.0. The van der Waals surface area contributed by atoms with Crippen LogP contribution in [0.5, 0.6) is 5.75 Å². The van der Waals surface area contributed by atoms with Crippen molar-refractivity contribution in [3.8, 4) is 5.75 Å². The number of sulfonamides is 1. The highest BCUT2D eigenvalue weighted by molar-refractivity contribution is 7.92. The fourth-order valence-electron chi connectivity index (χ4n) is 4.21. The predicted molar refractivity (Wildman–Crippen MR) is 159 cm³/mol. The Morgan fingerprint density at radius 3 is 2.27 bits per heavy atom. The quantitative estimate of drug-likeness (QED) is 0.306. The van der Waals surface area contributed by atoms with Crippen molar-refractivity contribution in [2.24, 2.45) is 5.92 Å². The molecular weight excluding hydrogens is 569 g/mol. The summed E-state index contributed by atoms with van der Waals surface area (Å²) in [7, 11) is -2.55. The number of halogens is 2. The summed E-state index contributed by atoms with van der Waals surface area (Å²) in [6.45, 7) is 3.36. The zero-order valence-electron chi connectivity index (χ0n) is 23.5. The molecule has 1 atom stereocenters. The number of anilines is 1. The molecule has 0 spiro atoms. The molecule has 41 heavy (non-hydrogen) atoms. The Bertz CT molecular complexity index is 1450. The molecule has 0 aliphatic carbocycles. The van der Waals surface area contributed by atoms with Crippen LogP contribution in [0.15, 0.2) is 72.8 Å². The molecule has 1 N–H and O–H groups in total. The maximum absolute atomic E-state index is 14.8. The highest BCUT2D eigenvalue weighted by Crippen LogP contribution is 2.30. The Hall–Kier alpha value is -3.63. The van der Waals surface area contributed by atoms with Crippen LogP contribution in [0, 0.1) is 11.7 Å². The number of nitrogens with zero attached hydrogens (tertiary/aromatic N) is 2. The van der Waals surface area contributed by atoms with Gasteiger partial charge in [-0.3, -0.25) is 13.9 Å². The van der Waals surface area contributed by atoms with Crippen LogP contribution in [0.4, 0.5) is 10.1 Å². The van der Waals surface area contributed by atoms with Crippen LogP contribution >= 0.6 is 11.6 Å². The molecule has 0 aliphatic rings. The maximum Gasteiger partial charge on any atom is 0.244 e. The summed E-state index contributed by atoms with van der Waals surface area (Å²) in [6, 6.07) is 18.4. The van der Waals surface area contributed by atoms with Crippen LogP contribution < -0.4 is 14.4 Å². The van der Waals surface area contributed by atoms with E-state index in [4.69, 9.17) is 16.3 Å². The van der Waals surface area contributed by atoms with Crippen LogP contribution in [0.25, 0.3) is 0 Å². The minimum Gasteiger partial charge on any atom is -0.495 e. The SMILES string of the molecule is COc1ccc(N(CC(=O)N(Cc2ccccc2F)[C@@H](Cc2ccccc2)C(=O)NCC(C)C)S(C)(=O)=O)cc1Cl. The molecule has 0 radical (unpaired) electrons. The molecule has 2 amide bonds. The van der Waals surface area contributed by atoms with Crippen molar-refractivity contribution in [2.45, 2.75) is 32.9 Å². The molecule has 0 unspecified atom stereocenters. The van der Waals surface area contributed by atoms with E-state index in [9.17, 15) is 22.4 Å². The molecule has 11 heteroatoms. The summed E-state index contributed by atoms with van der Waals surface area (Å²) < 4.78 is 46.6. The molecule has 0 fully saturated rings. The van der Waals surface area contributed by atoms with E-state index in [-0.39, 0.29) is 35.2 Å². The monoisotopic (exact) mass is 603 g/mol. The van der Waals surface area contributed by atoms with E-state index in [0.29, 0.717) is 12.3 Å². The van der Waals surface area contributed by atoms with Gasteiger partial charge in [0.1, 0.15) is 24.2 Å². The summed E-state index contributed by atoms with van der Waals surface area (Å²) >= 11 is 6.25. The smallest absolute Gasteiger partial charge is 0.244 e. The van der Waals surface area contributed by atoms with Crippen LogP contribution in [0.2, 0.25) is 5.02 Å². The third-order valence-electron chi connectivity index (χ3n) is 6.36. The third kappa shape index (κ3) is 8.93. The number of amides is 2. The maximum atomic E-state index is 14.8. The number of rotatable bonds is 13. The zero-order chi connectivity index (χ0) is 30.2. The van der Waals surface area contributed by atoms with Gasteiger partial charge in [-0.2, -0.15) is 0 Å². The lowest BCUT2D eigenvalue weighted by Gasteiger charge is -2.33. The van der Waals surface area contributed by atoms with E-state index in [0.717, 1.165) is 16.1 Å². The van der Waals surface area contributed by atoms with E-state index in [1.807, 2.05) is 44.2 Å². The van der Waals surface area contributed by atoms with Crippen molar-refractivity contribution in [3.63, 3.8) is 0 Å². The topological polar surface area (TPSA) is 96.0 Å². The molecule has 3 rings (SSSR count). The van der Waals surface area contributed by atoms with Gasteiger partial charge in [0.05, 0.1) is 24.1 Å². The van der Waals surface area contributed by atoms with Crippen molar-refractivity contribution in [1.29, 1.82) is 0 Å². The van der Waals surface area contributed by atoms with Crippen LogP contribution in [-0.2, 0) is 32.6 Å². The van der Waals surface area contributed by atoms with Crippen molar-refractivity contribution in [1.82, 2.24) is 10.2 Å². The van der Waals surface area contributed by atoms with E-state index in [1.54, 1.807) is 6.07 Å². The molecular formula is C30H35ClFN3O5S. The summed E-state index contributed by atoms with van der Waals surface area (Å²) in [5, 5.41) is 3.04. The summed E-state index contributed by atoms with van der Waals surface area (Å²) in [6.07, 6.45) is 1.11. The average Bonchev–Trinajstić information content (AvgIpc) is 2.93. The van der Waals surface area contributed by atoms with Crippen molar-refractivity contribution in [3.05, 3.63) is 94.8 Å². The molecule has 0 aromatic heterocycles. The normalized spacial score (nSPS) is 12.1. The molecule has 220 valence electrons. The van der Waals surface area contributed by atoms with Crippen LogP contribution in [0.3, 0.4) is 0 Å². The van der Waals surface area contributed by atoms with E-state index >= 15 is 0 Å². The number of ether oxygens (including phenoxy) is 1. The van der Waals surface area contributed by atoms with Gasteiger partial charge in [-0.25, -0.2) is 12.8 Å². The first kappa shape index (κ1) is 31.9. The van der Waals surface area contributed by atoms with Gasteiger partial charge in [-0.15, -0.1) is 0 Å².